The van der Waals surface area contributed by atoms with Gasteiger partial charge in [-0.05, 0) is 25.1 Å². The number of halogens is 2. The quantitative estimate of drug-likeness (QED) is 0.653. The summed E-state index contributed by atoms with van der Waals surface area (Å²) in [5.41, 5.74) is -0.190. The van der Waals surface area contributed by atoms with Crippen LogP contribution in [0.1, 0.15) is 12.0 Å². The number of benzene rings is 1. The van der Waals surface area contributed by atoms with Gasteiger partial charge in [0.05, 0.1) is 18.7 Å². The molecule has 1 aliphatic rings. The predicted molar refractivity (Wildman–Crippen MR) is 69.0 cm³/mol. The van der Waals surface area contributed by atoms with Crippen molar-refractivity contribution in [1.82, 2.24) is 16.0 Å². The van der Waals surface area contributed by atoms with Crippen LogP contribution in [-0.2, 0) is 6.54 Å². The SMILES string of the molecule is O=C(NCc1c(F)cccc1F)NC1CNCCC1O. The highest BCUT2D eigenvalue weighted by Gasteiger charge is 2.24. The van der Waals surface area contributed by atoms with Crippen molar-refractivity contribution < 1.29 is 18.7 Å². The molecule has 110 valence electrons. The van der Waals surface area contributed by atoms with E-state index in [0.717, 1.165) is 12.1 Å². The molecule has 0 bridgehead atoms. The lowest BCUT2D eigenvalue weighted by atomic mass is 10.0. The highest BCUT2D eigenvalue weighted by molar-refractivity contribution is 5.74. The van der Waals surface area contributed by atoms with Crippen LogP contribution >= 0.6 is 0 Å². The molecular weight excluding hydrogens is 268 g/mol. The van der Waals surface area contributed by atoms with E-state index in [1.807, 2.05) is 0 Å². The molecule has 4 N–H and O–H groups in total. The smallest absolute Gasteiger partial charge is 0.315 e. The van der Waals surface area contributed by atoms with Gasteiger partial charge in [-0.2, -0.15) is 0 Å². The molecule has 7 heteroatoms. The van der Waals surface area contributed by atoms with E-state index in [4.69, 9.17) is 0 Å². The fraction of sp³-hybridized carbons (Fsp3) is 0.462. The summed E-state index contributed by atoms with van der Waals surface area (Å²) in [4.78, 5) is 11.6. The minimum atomic E-state index is -0.704. The molecule has 2 unspecified atom stereocenters. The number of amides is 2. The molecule has 2 rings (SSSR count). The van der Waals surface area contributed by atoms with Gasteiger partial charge in [0.2, 0.25) is 0 Å². The average molecular weight is 285 g/mol. The van der Waals surface area contributed by atoms with E-state index in [0.29, 0.717) is 19.5 Å². The van der Waals surface area contributed by atoms with E-state index in [1.54, 1.807) is 0 Å². The van der Waals surface area contributed by atoms with Crippen molar-refractivity contribution in [2.45, 2.75) is 25.1 Å². The van der Waals surface area contributed by atoms with E-state index in [9.17, 15) is 18.7 Å². The zero-order valence-corrected chi connectivity index (χ0v) is 10.8. The third kappa shape index (κ3) is 3.64. The predicted octanol–water partition coefficient (Wildman–Crippen LogP) is 0.487. The summed E-state index contributed by atoms with van der Waals surface area (Å²) in [5, 5.41) is 17.7. The molecule has 1 saturated heterocycles. The maximum atomic E-state index is 13.4. The van der Waals surface area contributed by atoms with E-state index in [-0.39, 0.29) is 12.1 Å². The lowest BCUT2D eigenvalue weighted by Crippen LogP contribution is -2.55. The molecule has 5 nitrogen and oxygen atoms in total. The summed E-state index contributed by atoms with van der Waals surface area (Å²) in [6.07, 6.45) is -0.0698. The number of rotatable bonds is 3. The van der Waals surface area contributed by atoms with Gasteiger partial charge in [0.1, 0.15) is 11.6 Å². The average Bonchev–Trinajstić information content (AvgIpc) is 2.41. The van der Waals surface area contributed by atoms with Crippen LogP contribution in [0.5, 0.6) is 0 Å². The largest absolute Gasteiger partial charge is 0.391 e. The first-order valence-electron chi connectivity index (χ1n) is 6.44. The molecule has 0 radical (unpaired) electrons. The Balaban J connectivity index is 1.86. The first-order valence-corrected chi connectivity index (χ1v) is 6.44. The fourth-order valence-corrected chi connectivity index (χ4v) is 2.08. The van der Waals surface area contributed by atoms with Crippen LogP contribution < -0.4 is 16.0 Å². The monoisotopic (exact) mass is 285 g/mol. The number of aliphatic hydroxyl groups excluding tert-OH is 1. The molecule has 2 amide bonds. The van der Waals surface area contributed by atoms with Gasteiger partial charge in [0.25, 0.3) is 0 Å². The number of carbonyl (C=O) groups excluding carboxylic acids is 1. The van der Waals surface area contributed by atoms with Crippen molar-refractivity contribution >= 4 is 6.03 Å². The van der Waals surface area contributed by atoms with Crippen LogP contribution in [0.25, 0.3) is 0 Å². The Labute approximate surface area is 115 Å². The fourth-order valence-electron chi connectivity index (χ4n) is 2.08. The first kappa shape index (κ1) is 14.7. The third-order valence-corrected chi connectivity index (χ3v) is 3.25. The summed E-state index contributed by atoms with van der Waals surface area (Å²) >= 11 is 0. The molecular formula is C13H17F2N3O2. The van der Waals surface area contributed by atoms with E-state index >= 15 is 0 Å². The van der Waals surface area contributed by atoms with Gasteiger partial charge in [-0.15, -0.1) is 0 Å². The minimum absolute atomic E-state index is 0.190. The Morgan fingerprint density at radius 3 is 2.75 bits per heavy atom. The molecule has 1 aliphatic heterocycles. The second kappa shape index (κ2) is 6.62. The molecule has 20 heavy (non-hydrogen) atoms. The summed E-state index contributed by atoms with van der Waals surface area (Å²) in [6.45, 7) is 0.907. The number of hydrogen-bond acceptors (Lipinski definition) is 3. The number of piperidine rings is 1. The molecule has 1 fully saturated rings. The van der Waals surface area contributed by atoms with Crippen molar-refractivity contribution in [2.24, 2.45) is 0 Å². The third-order valence-electron chi connectivity index (χ3n) is 3.25. The molecule has 0 saturated carbocycles. The molecule has 0 aromatic heterocycles. The topological polar surface area (TPSA) is 73.4 Å². The molecule has 2 atom stereocenters. The lowest BCUT2D eigenvalue weighted by molar-refractivity contribution is 0.102. The number of nitrogens with one attached hydrogen (secondary N) is 3. The van der Waals surface area contributed by atoms with Gasteiger partial charge in [-0.3, -0.25) is 0 Å². The van der Waals surface area contributed by atoms with E-state index in [2.05, 4.69) is 16.0 Å². The van der Waals surface area contributed by atoms with Crippen molar-refractivity contribution in [2.75, 3.05) is 13.1 Å². The van der Waals surface area contributed by atoms with Crippen LogP contribution in [0.15, 0.2) is 18.2 Å². The zero-order chi connectivity index (χ0) is 14.5. The number of urea groups is 1. The van der Waals surface area contributed by atoms with Crippen molar-refractivity contribution in [3.63, 3.8) is 0 Å². The Morgan fingerprint density at radius 1 is 1.40 bits per heavy atom. The normalized spacial score (nSPS) is 22.4. The van der Waals surface area contributed by atoms with Crippen molar-refractivity contribution in [1.29, 1.82) is 0 Å². The van der Waals surface area contributed by atoms with Gasteiger partial charge < -0.3 is 21.1 Å². The summed E-state index contributed by atoms with van der Waals surface area (Å²) in [6, 6.07) is 2.55. The molecule has 1 aromatic carbocycles. The molecule has 1 heterocycles. The first-order chi connectivity index (χ1) is 9.58. The summed E-state index contributed by atoms with van der Waals surface area (Å²) in [5.74, 6) is -1.41. The standard InChI is InChI=1S/C13H17F2N3O2/c14-9-2-1-3-10(15)8(9)6-17-13(20)18-11-7-16-5-4-12(11)19/h1-3,11-12,16,19H,4-7H2,(H2,17,18,20). The van der Waals surface area contributed by atoms with Crippen LogP contribution in [0.3, 0.4) is 0 Å². The van der Waals surface area contributed by atoms with Crippen molar-refractivity contribution in [3.05, 3.63) is 35.4 Å². The Bertz CT molecular complexity index is 464. The van der Waals surface area contributed by atoms with Gasteiger partial charge in [-0.1, -0.05) is 6.07 Å². The van der Waals surface area contributed by atoms with Gasteiger partial charge >= 0.3 is 6.03 Å². The molecule has 0 aliphatic carbocycles. The highest BCUT2D eigenvalue weighted by Crippen LogP contribution is 2.11. The van der Waals surface area contributed by atoms with E-state index in [1.165, 1.54) is 6.07 Å². The zero-order valence-electron chi connectivity index (χ0n) is 10.8. The minimum Gasteiger partial charge on any atom is -0.391 e. The van der Waals surface area contributed by atoms with Crippen LogP contribution in [0.4, 0.5) is 13.6 Å². The van der Waals surface area contributed by atoms with Gasteiger partial charge in [0, 0.05) is 12.1 Å². The van der Waals surface area contributed by atoms with Gasteiger partial charge in [0.15, 0.2) is 0 Å². The van der Waals surface area contributed by atoms with Gasteiger partial charge in [-0.25, -0.2) is 13.6 Å². The Kier molecular flexibility index (Phi) is 4.86. The Morgan fingerprint density at radius 2 is 2.10 bits per heavy atom. The second-order valence-corrected chi connectivity index (χ2v) is 4.69. The van der Waals surface area contributed by atoms with E-state index < -0.39 is 29.8 Å². The Hall–Kier alpha value is -1.73. The number of hydrogen-bond donors (Lipinski definition) is 4. The molecule has 1 aromatic rings. The van der Waals surface area contributed by atoms with Crippen LogP contribution in [0.2, 0.25) is 0 Å². The molecule has 0 spiro atoms. The lowest BCUT2D eigenvalue weighted by Gasteiger charge is -2.29. The second-order valence-electron chi connectivity index (χ2n) is 4.69. The summed E-state index contributed by atoms with van der Waals surface area (Å²) in [7, 11) is 0. The maximum Gasteiger partial charge on any atom is 0.315 e. The van der Waals surface area contributed by atoms with Crippen LogP contribution in [-0.4, -0.2) is 36.4 Å². The van der Waals surface area contributed by atoms with Crippen molar-refractivity contribution in [3.8, 4) is 0 Å². The number of carbonyl (C=O) groups is 1. The maximum absolute atomic E-state index is 13.4. The van der Waals surface area contributed by atoms with Crippen LogP contribution in [0, 0.1) is 11.6 Å². The summed E-state index contributed by atoms with van der Waals surface area (Å²) < 4.78 is 26.7. The highest BCUT2D eigenvalue weighted by atomic mass is 19.1. The number of aliphatic hydroxyl groups is 1.